The number of hydrogen-bond donors (Lipinski definition) is 2. The molecule has 20 heavy (non-hydrogen) atoms. The number of anilines is 1. The van der Waals surface area contributed by atoms with Gasteiger partial charge in [-0.05, 0) is 43.5 Å². The topological polar surface area (TPSA) is 85.1 Å². The standard InChI is InChI=1S/C13H17N3O2S2/c1-8-6-11(14)10(3)13(9(8)2)20(17,18)16-7-12-15-4-5-19-12/h4-6,16H,7,14H2,1-3H3. The second-order valence-corrected chi connectivity index (χ2v) is 7.30. The van der Waals surface area contributed by atoms with Crippen molar-refractivity contribution in [1.29, 1.82) is 0 Å². The fourth-order valence-electron chi connectivity index (χ4n) is 2.01. The number of aryl methyl sites for hydroxylation is 1. The zero-order valence-corrected chi connectivity index (χ0v) is 13.2. The Morgan fingerprint density at radius 3 is 2.60 bits per heavy atom. The fraction of sp³-hybridized carbons (Fsp3) is 0.308. The van der Waals surface area contributed by atoms with Gasteiger partial charge in [-0.25, -0.2) is 18.1 Å². The monoisotopic (exact) mass is 311 g/mol. The molecular weight excluding hydrogens is 294 g/mol. The number of aromatic nitrogens is 1. The van der Waals surface area contributed by atoms with Gasteiger partial charge in [0, 0.05) is 17.3 Å². The van der Waals surface area contributed by atoms with Crippen molar-refractivity contribution < 1.29 is 8.42 Å². The first-order valence-electron chi connectivity index (χ1n) is 6.07. The van der Waals surface area contributed by atoms with Crippen molar-refractivity contribution >= 4 is 27.0 Å². The normalized spacial score (nSPS) is 11.8. The molecule has 0 aliphatic rings. The number of hydrogen-bond acceptors (Lipinski definition) is 5. The molecular formula is C13H17N3O2S2. The van der Waals surface area contributed by atoms with Crippen LogP contribution in [0.25, 0.3) is 0 Å². The van der Waals surface area contributed by atoms with Gasteiger partial charge in [-0.2, -0.15) is 0 Å². The molecule has 0 aliphatic carbocycles. The SMILES string of the molecule is Cc1cc(N)c(C)c(S(=O)(=O)NCc2nccs2)c1C. The molecule has 2 rings (SSSR count). The highest BCUT2D eigenvalue weighted by Gasteiger charge is 2.22. The van der Waals surface area contributed by atoms with E-state index in [2.05, 4.69) is 9.71 Å². The molecule has 1 heterocycles. The Kier molecular flexibility index (Phi) is 4.12. The van der Waals surface area contributed by atoms with Crippen molar-refractivity contribution in [1.82, 2.24) is 9.71 Å². The minimum atomic E-state index is -3.61. The Morgan fingerprint density at radius 2 is 2.00 bits per heavy atom. The number of nitrogens with zero attached hydrogens (tertiary/aromatic N) is 1. The molecule has 7 heteroatoms. The maximum atomic E-state index is 12.5. The minimum absolute atomic E-state index is 0.187. The molecule has 0 atom stereocenters. The van der Waals surface area contributed by atoms with Gasteiger partial charge in [-0.1, -0.05) is 0 Å². The lowest BCUT2D eigenvalue weighted by atomic mass is 10.1. The number of nitrogens with two attached hydrogens (primary N) is 1. The Labute approximate surface area is 122 Å². The summed E-state index contributed by atoms with van der Waals surface area (Å²) >= 11 is 1.41. The number of nitrogens with one attached hydrogen (secondary N) is 1. The molecule has 0 amide bonds. The highest BCUT2D eigenvalue weighted by atomic mass is 32.2. The lowest BCUT2D eigenvalue weighted by Gasteiger charge is -2.15. The van der Waals surface area contributed by atoms with E-state index < -0.39 is 10.0 Å². The van der Waals surface area contributed by atoms with Gasteiger partial charge in [0.15, 0.2) is 0 Å². The van der Waals surface area contributed by atoms with E-state index in [0.29, 0.717) is 11.3 Å². The highest BCUT2D eigenvalue weighted by molar-refractivity contribution is 7.89. The van der Waals surface area contributed by atoms with Gasteiger partial charge in [-0.15, -0.1) is 11.3 Å². The van der Waals surface area contributed by atoms with E-state index in [1.807, 2.05) is 12.3 Å². The van der Waals surface area contributed by atoms with Gasteiger partial charge in [0.2, 0.25) is 10.0 Å². The van der Waals surface area contributed by atoms with Crippen molar-refractivity contribution in [3.05, 3.63) is 39.3 Å². The minimum Gasteiger partial charge on any atom is -0.398 e. The molecule has 0 unspecified atom stereocenters. The summed E-state index contributed by atoms with van der Waals surface area (Å²) in [6, 6.07) is 1.80. The van der Waals surface area contributed by atoms with E-state index in [-0.39, 0.29) is 11.4 Å². The molecule has 2 aromatic rings. The Hall–Kier alpha value is -1.44. The van der Waals surface area contributed by atoms with Crippen molar-refractivity contribution in [2.75, 3.05) is 5.73 Å². The predicted molar refractivity (Wildman–Crippen MR) is 81.2 cm³/mol. The van der Waals surface area contributed by atoms with Gasteiger partial charge in [0.1, 0.15) is 5.01 Å². The van der Waals surface area contributed by atoms with Crippen LogP contribution in [0.15, 0.2) is 22.5 Å². The summed E-state index contributed by atoms with van der Waals surface area (Å²) < 4.78 is 27.5. The lowest BCUT2D eigenvalue weighted by molar-refractivity contribution is 0.579. The summed E-state index contributed by atoms with van der Waals surface area (Å²) in [5.74, 6) is 0. The van der Waals surface area contributed by atoms with Crippen molar-refractivity contribution in [3.63, 3.8) is 0 Å². The van der Waals surface area contributed by atoms with Crippen molar-refractivity contribution in [2.45, 2.75) is 32.2 Å². The molecule has 3 N–H and O–H groups in total. The third-order valence-corrected chi connectivity index (χ3v) is 5.70. The Morgan fingerprint density at radius 1 is 1.30 bits per heavy atom. The van der Waals surface area contributed by atoms with Crippen molar-refractivity contribution in [2.24, 2.45) is 0 Å². The summed E-state index contributed by atoms with van der Waals surface area (Å²) in [4.78, 5) is 4.33. The molecule has 0 fully saturated rings. The van der Waals surface area contributed by atoms with E-state index in [9.17, 15) is 8.42 Å². The quantitative estimate of drug-likeness (QED) is 0.847. The van der Waals surface area contributed by atoms with E-state index in [1.54, 1.807) is 26.1 Å². The molecule has 108 valence electrons. The molecule has 0 bridgehead atoms. The zero-order chi connectivity index (χ0) is 14.9. The van der Waals surface area contributed by atoms with Crippen LogP contribution in [-0.2, 0) is 16.6 Å². The second kappa shape index (κ2) is 5.51. The summed E-state index contributed by atoms with van der Waals surface area (Å²) in [6.45, 7) is 5.55. The largest absolute Gasteiger partial charge is 0.398 e. The molecule has 1 aromatic carbocycles. The molecule has 0 aliphatic heterocycles. The Bertz CT molecular complexity index is 696. The number of thiazole rings is 1. The number of sulfonamides is 1. The number of benzene rings is 1. The zero-order valence-electron chi connectivity index (χ0n) is 11.6. The van der Waals surface area contributed by atoms with E-state index in [4.69, 9.17) is 5.73 Å². The third kappa shape index (κ3) is 2.84. The van der Waals surface area contributed by atoms with Crippen LogP contribution in [0.2, 0.25) is 0 Å². The summed E-state index contributed by atoms with van der Waals surface area (Å²) in [5.41, 5.74) is 8.54. The van der Waals surface area contributed by atoms with Gasteiger partial charge < -0.3 is 5.73 Å². The molecule has 1 aromatic heterocycles. The van der Waals surface area contributed by atoms with Crippen LogP contribution < -0.4 is 10.5 Å². The summed E-state index contributed by atoms with van der Waals surface area (Å²) in [5, 5.41) is 2.54. The smallest absolute Gasteiger partial charge is 0.241 e. The average Bonchev–Trinajstić information content (AvgIpc) is 2.87. The van der Waals surface area contributed by atoms with Crippen LogP contribution >= 0.6 is 11.3 Å². The molecule has 0 saturated heterocycles. The summed E-state index contributed by atoms with van der Waals surface area (Å²) in [7, 11) is -3.61. The average molecular weight is 311 g/mol. The van der Waals surface area contributed by atoms with Crippen LogP contribution in [-0.4, -0.2) is 13.4 Å². The summed E-state index contributed by atoms with van der Waals surface area (Å²) in [6.07, 6.45) is 1.65. The number of nitrogen functional groups attached to an aromatic ring is 1. The first-order chi connectivity index (χ1) is 9.33. The van der Waals surface area contributed by atoms with Crippen LogP contribution in [0.3, 0.4) is 0 Å². The van der Waals surface area contributed by atoms with Crippen LogP contribution in [0, 0.1) is 20.8 Å². The first kappa shape index (κ1) is 15.0. The third-order valence-electron chi connectivity index (χ3n) is 3.24. The lowest BCUT2D eigenvalue weighted by Crippen LogP contribution is -2.25. The van der Waals surface area contributed by atoms with E-state index >= 15 is 0 Å². The number of rotatable bonds is 4. The van der Waals surface area contributed by atoms with Gasteiger partial charge in [0.05, 0.1) is 11.4 Å². The first-order valence-corrected chi connectivity index (χ1v) is 8.43. The molecule has 0 radical (unpaired) electrons. The highest BCUT2D eigenvalue weighted by Crippen LogP contribution is 2.27. The van der Waals surface area contributed by atoms with E-state index in [1.165, 1.54) is 11.3 Å². The van der Waals surface area contributed by atoms with Crippen LogP contribution in [0.5, 0.6) is 0 Å². The molecule has 0 saturated carbocycles. The fourth-order valence-corrected chi connectivity index (χ4v) is 4.22. The van der Waals surface area contributed by atoms with Crippen LogP contribution in [0.1, 0.15) is 21.7 Å². The van der Waals surface area contributed by atoms with Gasteiger partial charge in [-0.3, -0.25) is 0 Å². The maximum Gasteiger partial charge on any atom is 0.241 e. The molecule has 5 nitrogen and oxygen atoms in total. The van der Waals surface area contributed by atoms with Crippen molar-refractivity contribution in [3.8, 4) is 0 Å². The predicted octanol–water partition coefficient (Wildman–Crippen LogP) is 2.13. The van der Waals surface area contributed by atoms with E-state index in [0.717, 1.165) is 16.1 Å². The van der Waals surface area contributed by atoms with Gasteiger partial charge in [0.25, 0.3) is 0 Å². The maximum absolute atomic E-state index is 12.5. The van der Waals surface area contributed by atoms with Crippen LogP contribution in [0.4, 0.5) is 5.69 Å². The molecule has 0 spiro atoms. The second-order valence-electron chi connectivity index (χ2n) is 4.61. The van der Waals surface area contributed by atoms with Gasteiger partial charge >= 0.3 is 0 Å². The Balaban J connectivity index is 2.39.